The highest BCUT2D eigenvalue weighted by molar-refractivity contribution is 9.10. The van der Waals surface area contributed by atoms with Crippen molar-refractivity contribution in [1.29, 1.82) is 0 Å². The number of halogens is 2. The summed E-state index contributed by atoms with van der Waals surface area (Å²) < 4.78 is 6.85. The van der Waals surface area contributed by atoms with Gasteiger partial charge in [-0.05, 0) is 35.9 Å². The van der Waals surface area contributed by atoms with Crippen molar-refractivity contribution in [1.82, 2.24) is 4.98 Å². The van der Waals surface area contributed by atoms with Crippen LogP contribution in [0.1, 0.15) is 11.1 Å². The highest BCUT2D eigenvalue weighted by atomic mass is 79.9. The largest absolute Gasteiger partial charge is 0.489 e. The van der Waals surface area contributed by atoms with E-state index in [4.69, 9.17) is 4.74 Å². The van der Waals surface area contributed by atoms with Gasteiger partial charge >= 0.3 is 0 Å². The number of hydrogen-bond acceptors (Lipinski definition) is 2. The third-order valence-corrected chi connectivity index (χ3v) is 3.41. The number of hydrogen-bond donors (Lipinski definition) is 0. The molecule has 0 saturated carbocycles. The van der Waals surface area contributed by atoms with Crippen LogP contribution in [0.5, 0.6) is 5.75 Å². The van der Waals surface area contributed by atoms with E-state index >= 15 is 0 Å². The Bertz CT molecular complexity index is 488. The summed E-state index contributed by atoms with van der Waals surface area (Å²) in [5, 5.41) is 0.776. The fourth-order valence-electron chi connectivity index (χ4n) is 1.43. The Morgan fingerprint density at radius 3 is 2.59 bits per heavy atom. The summed E-state index contributed by atoms with van der Waals surface area (Å²) in [6.07, 6.45) is 3.54. The molecule has 0 bridgehead atoms. The predicted octanol–water partition coefficient (Wildman–Crippen LogP) is 4.32. The minimum absolute atomic E-state index is 0.560. The monoisotopic (exact) mass is 355 g/mol. The minimum Gasteiger partial charge on any atom is -0.489 e. The van der Waals surface area contributed by atoms with Crippen molar-refractivity contribution in [3.8, 4) is 5.75 Å². The predicted molar refractivity (Wildman–Crippen MR) is 75.3 cm³/mol. The Labute approximate surface area is 117 Å². The smallest absolute Gasteiger partial charge is 0.123 e. The molecule has 0 aliphatic carbocycles. The first-order valence-corrected chi connectivity index (χ1v) is 7.07. The van der Waals surface area contributed by atoms with Crippen molar-refractivity contribution in [2.75, 3.05) is 0 Å². The van der Waals surface area contributed by atoms with Crippen LogP contribution in [0, 0.1) is 0 Å². The maximum absolute atomic E-state index is 5.79. The van der Waals surface area contributed by atoms with E-state index in [1.807, 2.05) is 24.3 Å². The lowest BCUT2D eigenvalue weighted by molar-refractivity contribution is 0.304. The highest BCUT2D eigenvalue weighted by Crippen LogP contribution is 2.25. The Morgan fingerprint density at radius 2 is 1.88 bits per heavy atom. The number of aromatic nitrogens is 1. The summed E-state index contributed by atoms with van der Waals surface area (Å²) in [7, 11) is 0. The zero-order valence-corrected chi connectivity index (χ0v) is 12.2. The van der Waals surface area contributed by atoms with Gasteiger partial charge in [-0.15, -0.1) is 0 Å². The third-order valence-electron chi connectivity index (χ3n) is 2.31. The normalized spacial score (nSPS) is 10.2. The number of ether oxygens (including phenoxy) is 1. The van der Waals surface area contributed by atoms with Gasteiger partial charge in [-0.1, -0.05) is 31.9 Å². The average Bonchev–Trinajstić information content (AvgIpc) is 2.38. The van der Waals surface area contributed by atoms with Gasteiger partial charge in [0.2, 0.25) is 0 Å². The molecule has 0 spiro atoms. The molecule has 2 nitrogen and oxygen atoms in total. The molecule has 88 valence electrons. The summed E-state index contributed by atoms with van der Waals surface area (Å²) in [6.45, 7) is 0.560. The number of rotatable bonds is 4. The molecule has 4 heteroatoms. The molecular formula is C13H11Br2NO. The Balaban J connectivity index is 2.09. The Hall–Kier alpha value is -0.870. The lowest BCUT2D eigenvalue weighted by atomic mass is 10.2. The molecule has 2 aromatic rings. The van der Waals surface area contributed by atoms with Gasteiger partial charge in [0, 0.05) is 27.8 Å². The second kappa shape index (κ2) is 6.17. The first kappa shape index (κ1) is 12.6. The van der Waals surface area contributed by atoms with Gasteiger partial charge in [0.15, 0.2) is 0 Å². The van der Waals surface area contributed by atoms with Gasteiger partial charge in [-0.3, -0.25) is 4.98 Å². The van der Waals surface area contributed by atoms with Crippen molar-refractivity contribution in [3.63, 3.8) is 0 Å². The second-order valence-electron chi connectivity index (χ2n) is 3.53. The minimum atomic E-state index is 0.560. The number of benzene rings is 1. The second-order valence-corrected chi connectivity index (χ2v) is 5.01. The van der Waals surface area contributed by atoms with E-state index < -0.39 is 0 Å². The number of nitrogens with zero attached hydrogens (tertiary/aromatic N) is 1. The van der Waals surface area contributed by atoms with Crippen LogP contribution in [-0.4, -0.2) is 4.98 Å². The SMILES string of the molecule is BrCc1cc(Br)ccc1OCc1ccncc1. The van der Waals surface area contributed by atoms with Gasteiger partial charge in [-0.25, -0.2) is 0 Å². The number of alkyl halides is 1. The molecule has 0 unspecified atom stereocenters. The van der Waals surface area contributed by atoms with Crippen LogP contribution in [0.4, 0.5) is 0 Å². The van der Waals surface area contributed by atoms with Gasteiger partial charge in [0.05, 0.1) is 0 Å². The number of pyridine rings is 1. The molecule has 2 rings (SSSR count). The summed E-state index contributed by atoms with van der Waals surface area (Å²) in [5.41, 5.74) is 2.25. The van der Waals surface area contributed by atoms with E-state index in [-0.39, 0.29) is 0 Å². The average molecular weight is 357 g/mol. The first-order valence-electron chi connectivity index (χ1n) is 5.15. The first-order chi connectivity index (χ1) is 8.29. The van der Waals surface area contributed by atoms with E-state index in [1.54, 1.807) is 12.4 Å². The van der Waals surface area contributed by atoms with Gasteiger partial charge in [0.1, 0.15) is 12.4 Å². The highest BCUT2D eigenvalue weighted by Gasteiger charge is 2.03. The summed E-state index contributed by atoms with van der Waals surface area (Å²) in [5.74, 6) is 0.905. The molecule has 1 heterocycles. The maximum Gasteiger partial charge on any atom is 0.123 e. The van der Waals surface area contributed by atoms with E-state index in [2.05, 4.69) is 42.9 Å². The van der Waals surface area contributed by atoms with Crippen LogP contribution >= 0.6 is 31.9 Å². The molecular weight excluding hydrogens is 346 g/mol. The molecule has 1 aromatic heterocycles. The molecule has 17 heavy (non-hydrogen) atoms. The zero-order chi connectivity index (χ0) is 12.1. The topological polar surface area (TPSA) is 22.1 Å². The van der Waals surface area contributed by atoms with Gasteiger partial charge < -0.3 is 4.74 Å². The van der Waals surface area contributed by atoms with Crippen LogP contribution < -0.4 is 4.74 Å². The van der Waals surface area contributed by atoms with E-state index in [0.717, 1.165) is 26.7 Å². The van der Waals surface area contributed by atoms with Crippen molar-refractivity contribution in [2.45, 2.75) is 11.9 Å². The fourth-order valence-corrected chi connectivity index (χ4v) is 2.28. The molecule has 0 N–H and O–H groups in total. The van der Waals surface area contributed by atoms with Crippen molar-refractivity contribution in [3.05, 3.63) is 58.3 Å². The van der Waals surface area contributed by atoms with Crippen molar-refractivity contribution < 1.29 is 4.74 Å². The van der Waals surface area contributed by atoms with Crippen LogP contribution in [-0.2, 0) is 11.9 Å². The molecule has 0 atom stereocenters. The molecule has 0 fully saturated rings. The van der Waals surface area contributed by atoms with Crippen LogP contribution in [0.25, 0.3) is 0 Å². The molecule has 0 aliphatic heterocycles. The lowest BCUT2D eigenvalue weighted by Gasteiger charge is -2.10. The van der Waals surface area contributed by atoms with Gasteiger partial charge in [0.25, 0.3) is 0 Å². The van der Waals surface area contributed by atoms with Crippen LogP contribution in [0.2, 0.25) is 0 Å². The lowest BCUT2D eigenvalue weighted by Crippen LogP contribution is -1.97. The molecule has 0 amide bonds. The third kappa shape index (κ3) is 3.54. The van der Waals surface area contributed by atoms with Crippen molar-refractivity contribution >= 4 is 31.9 Å². The molecule has 0 aliphatic rings. The standard InChI is InChI=1S/C13H11Br2NO/c14-8-11-7-12(15)1-2-13(11)17-9-10-3-5-16-6-4-10/h1-7H,8-9H2. The molecule has 1 aromatic carbocycles. The van der Waals surface area contributed by atoms with Gasteiger partial charge in [-0.2, -0.15) is 0 Å². The molecule has 0 saturated heterocycles. The van der Waals surface area contributed by atoms with Crippen LogP contribution in [0.3, 0.4) is 0 Å². The van der Waals surface area contributed by atoms with Crippen LogP contribution in [0.15, 0.2) is 47.2 Å². The van der Waals surface area contributed by atoms with E-state index in [9.17, 15) is 0 Å². The van der Waals surface area contributed by atoms with E-state index in [0.29, 0.717) is 6.61 Å². The quantitative estimate of drug-likeness (QED) is 0.761. The Morgan fingerprint density at radius 1 is 1.12 bits per heavy atom. The molecule has 0 radical (unpaired) electrons. The summed E-state index contributed by atoms with van der Waals surface area (Å²) in [6, 6.07) is 9.91. The summed E-state index contributed by atoms with van der Waals surface area (Å²) in [4.78, 5) is 3.98. The zero-order valence-electron chi connectivity index (χ0n) is 9.07. The summed E-state index contributed by atoms with van der Waals surface area (Å²) >= 11 is 6.91. The fraction of sp³-hybridized carbons (Fsp3) is 0.154. The van der Waals surface area contributed by atoms with Crippen molar-refractivity contribution in [2.24, 2.45) is 0 Å². The maximum atomic E-state index is 5.79. The van der Waals surface area contributed by atoms with E-state index in [1.165, 1.54) is 0 Å². The Kier molecular flexibility index (Phi) is 4.57.